The van der Waals surface area contributed by atoms with Gasteiger partial charge in [0.1, 0.15) is 0 Å². The van der Waals surface area contributed by atoms with Crippen LogP contribution in [0.25, 0.3) is 0 Å². The topological polar surface area (TPSA) is 57.9 Å². The van der Waals surface area contributed by atoms with Crippen LogP contribution in [0.15, 0.2) is 48.8 Å². The van der Waals surface area contributed by atoms with Gasteiger partial charge in [-0.25, -0.2) is 0 Å². The molecule has 0 fully saturated rings. The number of nitrogens with one attached hydrogen (secondary N) is 1. The summed E-state index contributed by atoms with van der Waals surface area (Å²) in [6.07, 6.45) is 3.50. The molecule has 2 rings (SSSR count). The van der Waals surface area contributed by atoms with Gasteiger partial charge in [0.05, 0.1) is 18.2 Å². The second-order valence-corrected chi connectivity index (χ2v) is 3.77. The summed E-state index contributed by atoms with van der Waals surface area (Å²) in [5.74, 6) is 0. The minimum atomic E-state index is 0.469. The van der Waals surface area contributed by atoms with Crippen molar-refractivity contribution in [2.24, 2.45) is 0 Å². The number of hydrogen-bond donors (Lipinski definition) is 1. The molecule has 0 radical (unpaired) electrons. The number of nitrogens with zero attached hydrogens (tertiary/aromatic N) is 2. The van der Waals surface area contributed by atoms with E-state index >= 15 is 0 Å². The smallest absolute Gasteiger partial charge is 0.0991 e. The summed E-state index contributed by atoms with van der Waals surface area (Å²) in [4.78, 5) is 9.29. The second-order valence-electron chi connectivity index (χ2n) is 3.77. The number of nitriles is 1. The van der Waals surface area contributed by atoms with E-state index < -0.39 is 0 Å². The van der Waals surface area contributed by atoms with Crippen molar-refractivity contribution in [1.82, 2.24) is 10.5 Å². The molecule has 4 heteroatoms. The van der Waals surface area contributed by atoms with Gasteiger partial charge in [0, 0.05) is 18.9 Å². The van der Waals surface area contributed by atoms with Gasteiger partial charge in [-0.3, -0.25) is 9.82 Å². The molecule has 0 bridgehead atoms. The van der Waals surface area contributed by atoms with Crippen molar-refractivity contribution in [3.63, 3.8) is 0 Å². The summed E-state index contributed by atoms with van der Waals surface area (Å²) in [6, 6.07) is 13.3. The van der Waals surface area contributed by atoms with E-state index in [1.165, 1.54) is 0 Å². The Morgan fingerprint density at radius 2 is 1.78 bits per heavy atom. The third kappa shape index (κ3) is 3.67. The van der Waals surface area contributed by atoms with Crippen molar-refractivity contribution in [2.75, 3.05) is 0 Å². The van der Waals surface area contributed by atoms with E-state index in [1.54, 1.807) is 24.5 Å². The van der Waals surface area contributed by atoms with Crippen LogP contribution in [0.5, 0.6) is 0 Å². The molecule has 0 amide bonds. The maximum atomic E-state index is 8.67. The largest absolute Gasteiger partial charge is 0.297 e. The Morgan fingerprint density at radius 3 is 2.44 bits per heavy atom. The number of hydrogen-bond acceptors (Lipinski definition) is 4. The lowest BCUT2D eigenvalue weighted by molar-refractivity contribution is 0.0235. The van der Waals surface area contributed by atoms with Crippen molar-refractivity contribution >= 4 is 0 Å². The molecular formula is C14H13N3O. The first kappa shape index (κ1) is 12.2. The zero-order valence-electron chi connectivity index (χ0n) is 9.84. The van der Waals surface area contributed by atoms with E-state index in [1.807, 2.05) is 24.3 Å². The Hall–Kier alpha value is -2.22. The van der Waals surface area contributed by atoms with Gasteiger partial charge in [-0.15, -0.1) is 0 Å². The van der Waals surface area contributed by atoms with E-state index in [2.05, 4.69) is 16.5 Å². The van der Waals surface area contributed by atoms with E-state index in [9.17, 15) is 0 Å². The standard InChI is InChI=1S/C14H13N3O/c15-9-12-1-3-14(4-2-12)11-18-17-10-13-5-7-16-8-6-13/h1-8,17H,10-11H2. The Kier molecular flexibility index (Phi) is 4.42. The molecule has 90 valence electrons. The molecular weight excluding hydrogens is 226 g/mol. The van der Waals surface area contributed by atoms with Crippen LogP contribution >= 0.6 is 0 Å². The highest BCUT2D eigenvalue weighted by Crippen LogP contribution is 2.04. The van der Waals surface area contributed by atoms with Crippen LogP contribution in [0, 0.1) is 11.3 Å². The lowest BCUT2D eigenvalue weighted by Gasteiger charge is -2.05. The Morgan fingerprint density at radius 1 is 1.06 bits per heavy atom. The fourth-order valence-electron chi connectivity index (χ4n) is 1.44. The molecule has 0 saturated carbocycles. The molecule has 0 aliphatic rings. The summed E-state index contributed by atoms with van der Waals surface area (Å²) in [5, 5.41) is 8.67. The Labute approximate surface area is 106 Å². The average Bonchev–Trinajstić information content (AvgIpc) is 2.45. The highest BCUT2D eigenvalue weighted by molar-refractivity contribution is 5.31. The van der Waals surface area contributed by atoms with Gasteiger partial charge in [-0.05, 0) is 35.4 Å². The predicted octanol–water partition coefficient (Wildman–Crippen LogP) is 2.17. The van der Waals surface area contributed by atoms with E-state index in [0.29, 0.717) is 18.7 Å². The van der Waals surface area contributed by atoms with Crippen molar-refractivity contribution in [1.29, 1.82) is 5.26 Å². The van der Waals surface area contributed by atoms with E-state index in [-0.39, 0.29) is 0 Å². The number of rotatable bonds is 5. The quantitative estimate of drug-likeness (QED) is 0.641. The predicted molar refractivity (Wildman–Crippen MR) is 67.0 cm³/mol. The molecule has 0 aliphatic carbocycles. The maximum absolute atomic E-state index is 8.67. The van der Waals surface area contributed by atoms with Crippen LogP contribution < -0.4 is 5.48 Å². The molecule has 0 saturated heterocycles. The first-order chi connectivity index (χ1) is 8.88. The van der Waals surface area contributed by atoms with Gasteiger partial charge < -0.3 is 0 Å². The highest BCUT2D eigenvalue weighted by Gasteiger charge is 1.95. The zero-order chi connectivity index (χ0) is 12.6. The number of aromatic nitrogens is 1. The fraction of sp³-hybridized carbons (Fsp3) is 0.143. The Bertz CT molecular complexity index is 517. The third-order valence-electron chi connectivity index (χ3n) is 2.45. The zero-order valence-corrected chi connectivity index (χ0v) is 9.84. The SMILES string of the molecule is N#Cc1ccc(CONCc2ccncc2)cc1. The lowest BCUT2D eigenvalue weighted by atomic mass is 10.2. The molecule has 18 heavy (non-hydrogen) atoms. The summed E-state index contributed by atoms with van der Waals surface area (Å²) < 4.78 is 0. The van der Waals surface area contributed by atoms with E-state index in [0.717, 1.165) is 11.1 Å². The normalized spacial score (nSPS) is 9.94. The minimum absolute atomic E-state index is 0.469. The highest BCUT2D eigenvalue weighted by atomic mass is 16.6. The Balaban J connectivity index is 1.74. The maximum Gasteiger partial charge on any atom is 0.0991 e. The van der Waals surface area contributed by atoms with Crippen LogP contribution in [0.3, 0.4) is 0 Å². The van der Waals surface area contributed by atoms with Crippen LogP contribution in [0.2, 0.25) is 0 Å². The molecule has 0 unspecified atom stereocenters. The van der Waals surface area contributed by atoms with Gasteiger partial charge in [0.2, 0.25) is 0 Å². The van der Waals surface area contributed by atoms with Crippen LogP contribution in [-0.2, 0) is 18.0 Å². The minimum Gasteiger partial charge on any atom is -0.297 e. The van der Waals surface area contributed by atoms with Gasteiger partial charge >= 0.3 is 0 Å². The van der Waals surface area contributed by atoms with Gasteiger partial charge in [-0.1, -0.05) is 12.1 Å². The summed E-state index contributed by atoms with van der Waals surface area (Å²) in [7, 11) is 0. The van der Waals surface area contributed by atoms with Crippen molar-refractivity contribution in [3.05, 3.63) is 65.5 Å². The number of benzene rings is 1. The van der Waals surface area contributed by atoms with E-state index in [4.69, 9.17) is 10.1 Å². The van der Waals surface area contributed by atoms with Gasteiger partial charge in [0.25, 0.3) is 0 Å². The lowest BCUT2D eigenvalue weighted by Crippen LogP contribution is -2.13. The van der Waals surface area contributed by atoms with Gasteiger partial charge in [-0.2, -0.15) is 10.7 Å². The first-order valence-corrected chi connectivity index (χ1v) is 5.61. The van der Waals surface area contributed by atoms with Crippen molar-refractivity contribution in [2.45, 2.75) is 13.2 Å². The molecule has 0 aliphatic heterocycles. The molecule has 0 spiro atoms. The average molecular weight is 239 g/mol. The third-order valence-corrected chi connectivity index (χ3v) is 2.45. The number of pyridine rings is 1. The summed E-state index contributed by atoms with van der Waals surface area (Å²) in [6.45, 7) is 1.11. The summed E-state index contributed by atoms with van der Waals surface area (Å²) in [5.41, 5.74) is 5.68. The van der Waals surface area contributed by atoms with Crippen LogP contribution in [0.4, 0.5) is 0 Å². The number of hydroxylamine groups is 1. The summed E-state index contributed by atoms with van der Waals surface area (Å²) >= 11 is 0. The first-order valence-electron chi connectivity index (χ1n) is 5.61. The molecule has 1 aromatic heterocycles. The molecule has 1 aromatic carbocycles. The van der Waals surface area contributed by atoms with Crippen LogP contribution in [0.1, 0.15) is 16.7 Å². The van der Waals surface area contributed by atoms with Crippen molar-refractivity contribution in [3.8, 4) is 6.07 Å². The second kappa shape index (κ2) is 6.50. The molecule has 4 nitrogen and oxygen atoms in total. The fourth-order valence-corrected chi connectivity index (χ4v) is 1.44. The molecule has 2 aromatic rings. The van der Waals surface area contributed by atoms with Crippen molar-refractivity contribution < 1.29 is 4.84 Å². The molecule has 1 heterocycles. The monoisotopic (exact) mass is 239 g/mol. The molecule has 1 N–H and O–H groups in total. The van der Waals surface area contributed by atoms with Gasteiger partial charge in [0.15, 0.2) is 0 Å². The van der Waals surface area contributed by atoms with Crippen LogP contribution in [-0.4, -0.2) is 4.98 Å². The molecule has 0 atom stereocenters.